The first-order valence-electron chi connectivity index (χ1n) is 8.47. The average Bonchev–Trinajstić information content (AvgIpc) is 2.70. The number of hydroxylamine groups is 1. The highest BCUT2D eigenvalue weighted by Gasteiger charge is 2.27. The molecule has 146 valence electrons. The Balaban J connectivity index is 0.00000364. The van der Waals surface area contributed by atoms with Crippen LogP contribution in [0.3, 0.4) is 0 Å². The lowest BCUT2D eigenvalue weighted by Gasteiger charge is -2.22. The van der Waals surface area contributed by atoms with E-state index in [0.29, 0.717) is 5.56 Å². The van der Waals surface area contributed by atoms with E-state index in [0.717, 1.165) is 17.5 Å². The third kappa shape index (κ3) is 5.64. The zero-order chi connectivity index (χ0) is 19.1. The van der Waals surface area contributed by atoms with Crippen molar-refractivity contribution in [3.8, 4) is 11.1 Å². The largest absolute Gasteiger partial charge is 0.379 e. The van der Waals surface area contributed by atoms with E-state index >= 15 is 0 Å². The number of hydrogen-bond acceptors (Lipinski definition) is 4. The molecule has 0 bridgehead atoms. The molecule has 0 radical (unpaired) electrons. The Hall–Kier alpha value is -2.70. The maximum atomic E-state index is 12.4. The van der Waals surface area contributed by atoms with Crippen molar-refractivity contribution in [2.45, 2.75) is 39.8 Å². The zero-order valence-corrected chi connectivity index (χ0v) is 15.2. The first-order valence-corrected chi connectivity index (χ1v) is 8.47. The van der Waals surface area contributed by atoms with Gasteiger partial charge in [-0.05, 0) is 42.2 Å². The Morgan fingerprint density at radius 2 is 1.56 bits per heavy atom. The van der Waals surface area contributed by atoms with Crippen LogP contribution in [-0.4, -0.2) is 36.3 Å². The van der Waals surface area contributed by atoms with E-state index in [2.05, 4.69) is 36.5 Å². The summed E-state index contributed by atoms with van der Waals surface area (Å²) < 4.78 is 5.08. The molecule has 0 fully saturated rings. The summed E-state index contributed by atoms with van der Waals surface area (Å²) in [6.45, 7) is 3.74. The highest BCUT2D eigenvalue weighted by Crippen LogP contribution is 2.20. The number of hydrogen-bond donors (Lipinski definition) is 3. The molecule has 27 heavy (non-hydrogen) atoms. The van der Waals surface area contributed by atoms with Crippen molar-refractivity contribution in [1.82, 2.24) is 10.8 Å². The number of carbonyl (C=O) groups is 2. The first kappa shape index (κ1) is 22.3. The minimum atomic E-state index is -1.00. The number of aryl methyl sites for hydroxylation is 1. The number of methoxy groups -OCH3 is 1. The highest BCUT2D eigenvalue weighted by atomic mass is 16.5. The standard InChI is InChI=1S/C20H24N2O4.CH4/c1-4-14-5-7-15(8-6-14)16-9-11-17(12-10-16)19(23)21-18(13(2)26-3)20(24)22-25;/h5-13,18,25H,4H2,1-3H3,(H,21,23)(H,22,24);1H4/t13-,18-;/m1./s1. The molecular weight excluding hydrogens is 344 g/mol. The molecule has 2 rings (SSSR count). The molecule has 0 aliphatic heterocycles. The van der Waals surface area contributed by atoms with Crippen molar-refractivity contribution in [1.29, 1.82) is 0 Å². The van der Waals surface area contributed by atoms with Crippen molar-refractivity contribution in [2.24, 2.45) is 0 Å². The van der Waals surface area contributed by atoms with E-state index in [-0.39, 0.29) is 7.43 Å². The molecule has 6 nitrogen and oxygen atoms in total. The number of rotatable bonds is 7. The predicted molar refractivity (Wildman–Crippen MR) is 106 cm³/mol. The fourth-order valence-electron chi connectivity index (χ4n) is 2.57. The second-order valence-corrected chi connectivity index (χ2v) is 6.00. The van der Waals surface area contributed by atoms with Crippen LogP contribution in [0.4, 0.5) is 0 Å². The van der Waals surface area contributed by atoms with Gasteiger partial charge >= 0.3 is 0 Å². The van der Waals surface area contributed by atoms with Crippen molar-refractivity contribution in [3.05, 3.63) is 59.7 Å². The monoisotopic (exact) mass is 372 g/mol. The van der Waals surface area contributed by atoms with Gasteiger partial charge in [0.15, 0.2) is 0 Å². The minimum absolute atomic E-state index is 0. The van der Waals surface area contributed by atoms with Gasteiger partial charge in [-0.15, -0.1) is 0 Å². The molecule has 0 aliphatic rings. The van der Waals surface area contributed by atoms with Gasteiger partial charge in [-0.25, -0.2) is 5.48 Å². The van der Waals surface area contributed by atoms with E-state index in [4.69, 9.17) is 9.94 Å². The summed E-state index contributed by atoms with van der Waals surface area (Å²) in [5.74, 6) is -1.16. The lowest BCUT2D eigenvalue weighted by atomic mass is 10.0. The molecule has 0 spiro atoms. The molecular formula is C21H28N2O4. The first-order chi connectivity index (χ1) is 12.5. The van der Waals surface area contributed by atoms with Crippen LogP contribution >= 0.6 is 0 Å². The molecule has 0 heterocycles. The molecule has 0 saturated carbocycles. The van der Waals surface area contributed by atoms with Gasteiger partial charge in [0.1, 0.15) is 6.04 Å². The summed E-state index contributed by atoms with van der Waals surface area (Å²) in [6, 6.07) is 14.4. The molecule has 2 amide bonds. The van der Waals surface area contributed by atoms with Gasteiger partial charge in [0.05, 0.1) is 6.10 Å². The van der Waals surface area contributed by atoms with Crippen molar-refractivity contribution in [2.75, 3.05) is 7.11 Å². The molecule has 2 aromatic carbocycles. The molecule has 3 N–H and O–H groups in total. The summed E-state index contributed by atoms with van der Waals surface area (Å²) in [4.78, 5) is 24.1. The van der Waals surface area contributed by atoms with Crippen LogP contribution in [-0.2, 0) is 16.0 Å². The Morgan fingerprint density at radius 3 is 2.00 bits per heavy atom. The van der Waals surface area contributed by atoms with E-state index < -0.39 is 24.0 Å². The number of carbonyl (C=O) groups excluding carboxylic acids is 2. The lowest BCUT2D eigenvalue weighted by molar-refractivity contribution is -0.134. The van der Waals surface area contributed by atoms with Gasteiger partial charge < -0.3 is 10.1 Å². The van der Waals surface area contributed by atoms with Crippen LogP contribution in [0.25, 0.3) is 11.1 Å². The number of nitrogens with one attached hydrogen (secondary N) is 2. The fourth-order valence-corrected chi connectivity index (χ4v) is 2.57. The summed E-state index contributed by atoms with van der Waals surface area (Å²) in [7, 11) is 1.42. The van der Waals surface area contributed by atoms with E-state index in [1.807, 2.05) is 12.1 Å². The van der Waals surface area contributed by atoms with E-state index in [1.165, 1.54) is 12.7 Å². The van der Waals surface area contributed by atoms with Gasteiger partial charge in [0.2, 0.25) is 0 Å². The van der Waals surface area contributed by atoms with Crippen LogP contribution in [0.15, 0.2) is 48.5 Å². The molecule has 0 unspecified atom stereocenters. The van der Waals surface area contributed by atoms with E-state index in [1.54, 1.807) is 24.5 Å². The SMILES string of the molecule is C.CCc1ccc(-c2ccc(C(=O)N[C@@H](C(=O)NO)[C@@H](C)OC)cc2)cc1. The normalized spacial score (nSPS) is 12.4. The van der Waals surface area contributed by atoms with Crippen LogP contribution in [0, 0.1) is 0 Å². The van der Waals surface area contributed by atoms with Gasteiger partial charge in [-0.1, -0.05) is 50.7 Å². The lowest BCUT2D eigenvalue weighted by Crippen LogP contribution is -2.52. The second kappa shape index (κ2) is 10.4. The summed E-state index contributed by atoms with van der Waals surface area (Å²) in [5.41, 5.74) is 5.30. The maximum absolute atomic E-state index is 12.4. The van der Waals surface area contributed by atoms with Gasteiger partial charge in [-0.3, -0.25) is 14.8 Å². The Bertz CT molecular complexity index is 742. The molecule has 0 saturated heterocycles. The Kier molecular flexibility index (Phi) is 8.65. The van der Waals surface area contributed by atoms with Gasteiger partial charge in [0.25, 0.3) is 11.8 Å². The zero-order valence-electron chi connectivity index (χ0n) is 15.2. The smallest absolute Gasteiger partial charge is 0.268 e. The maximum Gasteiger partial charge on any atom is 0.268 e. The van der Waals surface area contributed by atoms with Crippen molar-refractivity contribution in [3.63, 3.8) is 0 Å². The highest BCUT2D eigenvalue weighted by molar-refractivity contribution is 5.97. The summed E-state index contributed by atoms with van der Waals surface area (Å²) in [6.07, 6.45) is 0.393. The third-order valence-corrected chi connectivity index (χ3v) is 4.36. The molecule has 6 heteroatoms. The van der Waals surface area contributed by atoms with Crippen LogP contribution in [0.2, 0.25) is 0 Å². The van der Waals surface area contributed by atoms with Crippen molar-refractivity contribution >= 4 is 11.8 Å². The Morgan fingerprint density at radius 1 is 1.04 bits per heavy atom. The second-order valence-electron chi connectivity index (χ2n) is 6.00. The molecule has 0 aromatic heterocycles. The van der Waals surface area contributed by atoms with Gasteiger partial charge in [0, 0.05) is 12.7 Å². The molecule has 2 atom stereocenters. The summed E-state index contributed by atoms with van der Waals surface area (Å²) >= 11 is 0. The average molecular weight is 372 g/mol. The number of amides is 2. The predicted octanol–water partition coefficient (Wildman–Crippen LogP) is 3.19. The number of ether oxygens (including phenoxy) is 1. The minimum Gasteiger partial charge on any atom is -0.379 e. The Labute approximate surface area is 160 Å². The third-order valence-electron chi connectivity index (χ3n) is 4.36. The van der Waals surface area contributed by atoms with Crippen LogP contribution < -0.4 is 10.8 Å². The van der Waals surface area contributed by atoms with Gasteiger partial charge in [-0.2, -0.15) is 0 Å². The van der Waals surface area contributed by atoms with E-state index in [9.17, 15) is 9.59 Å². The van der Waals surface area contributed by atoms with Crippen LogP contribution in [0.5, 0.6) is 0 Å². The quantitative estimate of drug-likeness (QED) is 0.514. The summed E-state index contributed by atoms with van der Waals surface area (Å²) in [5, 5.41) is 11.4. The van der Waals surface area contributed by atoms with Crippen molar-refractivity contribution < 1.29 is 19.5 Å². The fraction of sp³-hybridized carbons (Fsp3) is 0.333. The van der Waals surface area contributed by atoms with Crippen LogP contribution in [0.1, 0.15) is 37.2 Å². The molecule has 0 aliphatic carbocycles. The molecule has 2 aromatic rings. The topological polar surface area (TPSA) is 87.7 Å². The number of benzene rings is 2.